The van der Waals surface area contributed by atoms with Gasteiger partial charge in [-0.05, 0) is 32.3 Å². The smallest absolute Gasteiger partial charge is 0.148 e. The van der Waals surface area contributed by atoms with Gasteiger partial charge in [-0.15, -0.1) is 0 Å². The van der Waals surface area contributed by atoms with E-state index < -0.39 is 6.10 Å². The molecule has 0 heterocycles. The molecule has 2 heteroatoms. The van der Waals surface area contributed by atoms with Crippen LogP contribution in [0.3, 0.4) is 0 Å². The molecule has 0 saturated heterocycles. The molecule has 86 valence electrons. The zero-order valence-electron chi connectivity index (χ0n) is 9.81. The molecule has 1 aromatic carbocycles. The SMILES string of the molecule is CC(C)=C(C=O)[C@@H](O)CCc1ccccc1. The zero-order valence-corrected chi connectivity index (χ0v) is 9.81. The first-order valence-corrected chi connectivity index (χ1v) is 5.49. The van der Waals surface area contributed by atoms with Crippen LogP contribution in [0.1, 0.15) is 25.8 Å². The average Bonchev–Trinajstić information content (AvgIpc) is 2.28. The van der Waals surface area contributed by atoms with Crippen LogP contribution < -0.4 is 0 Å². The van der Waals surface area contributed by atoms with E-state index in [1.54, 1.807) is 0 Å². The van der Waals surface area contributed by atoms with E-state index in [-0.39, 0.29) is 0 Å². The first kappa shape index (κ1) is 12.7. The topological polar surface area (TPSA) is 37.3 Å². The van der Waals surface area contributed by atoms with E-state index in [4.69, 9.17) is 0 Å². The van der Waals surface area contributed by atoms with Crippen LogP contribution in [0, 0.1) is 0 Å². The second-order valence-corrected chi connectivity index (χ2v) is 4.11. The monoisotopic (exact) mass is 218 g/mol. The fraction of sp³-hybridized carbons (Fsp3) is 0.357. The predicted molar refractivity (Wildman–Crippen MR) is 65.2 cm³/mol. The molecule has 0 spiro atoms. The summed E-state index contributed by atoms with van der Waals surface area (Å²) in [4.78, 5) is 10.8. The van der Waals surface area contributed by atoms with Crippen molar-refractivity contribution >= 4 is 6.29 Å². The number of allylic oxidation sites excluding steroid dienone is 1. The van der Waals surface area contributed by atoms with Crippen LogP contribution in [0.4, 0.5) is 0 Å². The Morgan fingerprint density at radius 3 is 2.44 bits per heavy atom. The van der Waals surface area contributed by atoms with Crippen LogP contribution in [0.5, 0.6) is 0 Å². The quantitative estimate of drug-likeness (QED) is 0.609. The van der Waals surface area contributed by atoms with Crippen molar-refractivity contribution in [3.05, 3.63) is 47.0 Å². The average molecular weight is 218 g/mol. The highest BCUT2D eigenvalue weighted by molar-refractivity contribution is 5.75. The van der Waals surface area contributed by atoms with Crippen molar-refractivity contribution in [2.45, 2.75) is 32.8 Å². The van der Waals surface area contributed by atoms with Gasteiger partial charge in [0.05, 0.1) is 6.10 Å². The Balaban J connectivity index is 2.56. The fourth-order valence-electron chi connectivity index (χ4n) is 1.63. The van der Waals surface area contributed by atoms with Crippen LogP contribution in [0.15, 0.2) is 41.5 Å². The summed E-state index contributed by atoms with van der Waals surface area (Å²) in [7, 11) is 0. The van der Waals surface area contributed by atoms with Gasteiger partial charge in [0.1, 0.15) is 6.29 Å². The lowest BCUT2D eigenvalue weighted by Crippen LogP contribution is -2.13. The zero-order chi connectivity index (χ0) is 12.0. The van der Waals surface area contributed by atoms with Gasteiger partial charge in [0.25, 0.3) is 0 Å². The van der Waals surface area contributed by atoms with E-state index >= 15 is 0 Å². The van der Waals surface area contributed by atoms with E-state index in [0.29, 0.717) is 12.0 Å². The van der Waals surface area contributed by atoms with Gasteiger partial charge in [-0.2, -0.15) is 0 Å². The molecule has 0 fully saturated rings. The highest BCUT2D eigenvalue weighted by Crippen LogP contribution is 2.12. The summed E-state index contributed by atoms with van der Waals surface area (Å²) in [6.45, 7) is 3.69. The van der Waals surface area contributed by atoms with Crippen LogP contribution in [0.2, 0.25) is 0 Å². The number of rotatable bonds is 5. The normalized spacial score (nSPS) is 11.9. The fourth-order valence-corrected chi connectivity index (χ4v) is 1.63. The second-order valence-electron chi connectivity index (χ2n) is 4.11. The summed E-state index contributed by atoms with van der Waals surface area (Å²) < 4.78 is 0. The number of aldehydes is 1. The van der Waals surface area contributed by atoms with Gasteiger partial charge in [-0.1, -0.05) is 35.9 Å². The highest BCUT2D eigenvalue weighted by Gasteiger charge is 2.11. The number of carbonyl (C=O) groups is 1. The second kappa shape index (κ2) is 6.23. The molecule has 2 nitrogen and oxygen atoms in total. The number of aliphatic hydroxyl groups excluding tert-OH is 1. The van der Waals surface area contributed by atoms with E-state index in [1.807, 2.05) is 44.2 Å². The van der Waals surface area contributed by atoms with E-state index in [1.165, 1.54) is 5.56 Å². The minimum absolute atomic E-state index is 0.510. The Morgan fingerprint density at radius 2 is 1.94 bits per heavy atom. The molecule has 0 aliphatic carbocycles. The third kappa shape index (κ3) is 3.63. The largest absolute Gasteiger partial charge is 0.388 e. The minimum atomic E-state index is -0.650. The van der Waals surface area contributed by atoms with Crippen LogP contribution in [-0.4, -0.2) is 17.5 Å². The Labute approximate surface area is 96.6 Å². The molecule has 0 aromatic heterocycles. The molecule has 16 heavy (non-hydrogen) atoms. The van der Waals surface area contributed by atoms with Gasteiger partial charge in [-0.3, -0.25) is 4.79 Å². The van der Waals surface area contributed by atoms with Crippen LogP contribution in [0.25, 0.3) is 0 Å². The number of benzene rings is 1. The van der Waals surface area contributed by atoms with Crippen molar-refractivity contribution in [2.75, 3.05) is 0 Å². The third-order valence-corrected chi connectivity index (χ3v) is 2.61. The number of aliphatic hydroxyl groups is 1. The molecule has 1 N–H and O–H groups in total. The Morgan fingerprint density at radius 1 is 1.31 bits per heavy atom. The lowest BCUT2D eigenvalue weighted by atomic mass is 9.99. The van der Waals surface area contributed by atoms with Crippen molar-refractivity contribution in [3.63, 3.8) is 0 Å². The van der Waals surface area contributed by atoms with Crippen molar-refractivity contribution in [1.82, 2.24) is 0 Å². The van der Waals surface area contributed by atoms with Gasteiger partial charge in [-0.25, -0.2) is 0 Å². The molecule has 0 saturated carbocycles. The van der Waals surface area contributed by atoms with E-state index in [0.717, 1.165) is 18.3 Å². The van der Waals surface area contributed by atoms with E-state index in [9.17, 15) is 9.90 Å². The third-order valence-electron chi connectivity index (χ3n) is 2.61. The molecule has 0 bridgehead atoms. The van der Waals surface area contributed by atoms with Crippen LogP contribution in [-0.2, 0) is 11.2 Å². The summed E-state index contributed by atoms with van der Waals surface area (Å²) in [5.74, 6) is 0. The summed E-state index contributed by atoms with van der Waals surface area (Å²) in [5, 5.41) is 9.85. The molecule has 1 atom stereocenters. The Bertz CT molecular complexity index is 362. The molecule has 1 aromatic rings. The summed E-state index contributed by atoms with van der Waals surface area (Å²) in [5.41, 5.74) is 2.58. The van der Waals surface area contributed by atoms with Crippen LogP contribution >= 0.6 is 0 Å². The van der Waals surface area contributed by atoms with Crippen molar-refractivity contribution in [2.24, 2.45) is 0 Å². The van der Waals surface area contributed by atoms with Gasteiger partial charge in [0, 0.05) is 5.57 Å². The highest BCUT2D eigenvalue weighted by atomic mass is 16.3. The summed E-state index contributed by atoms with van der Waals surface area (Å²) >= 11 is 0. The first-order valence-electron chi connectivity index (χ1n) is 5.49. The van der Waals surface area contributed by atoms with Gasteiger partial charge in [0.2, 0.25) is 0 Å². The lowest BCUT2D eigenvalue weighted by Gasteiger charge is -2.11. The maximum atomic E-state index is 10.8. The lowest BCUT2D eigenvalue weighted by molar-refractivity contribution is -0.105. The van der Waals surface area contributed by atoms with Crippen molar-refractivity contribution < 1.29 is 9.90 Å². The molecule has 0 radical (unpaired) electrons. The molecule has 1 rings (SSSR count). The molecular formula is C14H18O2. The molecule has 0 aliphatic heterocycles. The number of hydrogen-bond donors (Lipinski definition) is 1. The van der Waals surface area contributed by atoms with E-state index in [2.05, 4.69) is 0 Å². The maximum Gasteiger partial charge on any atom is 0.148 e. The van der Waals surface area contributed by atoms with Crippen molar-refractivity contribution in [3.8, 4) is 0 Å². The Hall–Kier alpha value is -1.41. The maximum absolute atomic E-state index is 10.8. The van der Waals surface area contributed by atoms with Gasteiger partial charge < -0.3 is 5.11 Å². The molecule has 0 amide bonds. The predicted octanol–water partition coefficient (Wildman–Crippen LogP) is 2.52. The minimum Gasteiger partial charge on any atom is -0.388 e. The van der Waals surface area contributed by atoms with Gasteiger partial charge in [0.15, 0.2) is 0 Å². The molecule has 0 aliphatic rings. The standard InChI is InChI=1S/C14H18O2/c1-11(2)13(10-15)14(16)9-8-12-6-4-3-5-7-12/h3-7,10,14,16H,8-9H2,1-2H3/t14-/m0/s1. The number of hydrogen-bond acceptors (Lipinski definition) is 2. The summed E-state index contributed by atoms with van der Waals surface area (Å²) in [6.07, 6.45) is 1.48. The Kier molecular flexibility index (Phi) is 4.93. The summed E-state index contributed by atoms with van der Waals surface area (Å²) in [6, 6.07) is 9.96. The molecule has 0 unspecified atom stereocenters. The van der Waals surface area contributed by atoms with Gasteiger partial charge >= 0.3 is 0 Å². The number of aryl methyl sites for hydroxylation is 1. The molecular weight excluding hydrogens is 200 g/mol. The van der Waals surface area contributed by atoms with Crippen molar-refractivity contribution in [1.29, 1.82) is 0 Å². The first-order chi connectivity index (χ1) is 7.65. The number of carbonyl (C=O) groups excluding carboxylic acids is 1.